The lowest BCUT2D eigenvalue weighted by atomic mass is 9.82. The standard InChI is InChI=1S/C18H29N/c1-4-19-18-7-5-6-16(13-18)12-15-8-10-17(11-9-15)14(2)3/h8-11,14,16,18-19H,4-7,12-13H2,1-3H3. The second-order valence-corrected chi connectivity index (χ2v) is 6.39. The van der Waals surface area contributed by atoms with Gasteiger partial charge in [0.05, 0.1) is 0 Å². The van der Waals surface area contributed by atoms with Crippen LogP contribution in [0.25, 0.3) is 0 Å². The maximum Gasteiger partial charge on any atom is 0.00697 e. The Hall–Kier alpha value is -0.820. The Morgan fingerprint density at radius 1 is 1.16 bits per heavy atom. The van der Waals surface area contributed by atoms with Crippen molar-refractivity contribution in [1.82, 2.24) is 5.32 Å². The number of benzene rings is 1. The average Bonchev–Trinajstić information content (AvgIpc) is 2.40. The fourth-order valence-electron chi connectivity index (χ4n) is 3.32. The van der Waals surface area contributed by atoms with Crippen molar-refractivity contribution in [3.63, 3.8) is 0 Å². The third-order valence-corrected chi connectivity index (χ3v) is 4.45. The summed E-state index contributed by atoms with van der Waals surface area (Å²) < 4.78 is 0. The zero-order chi connectivity index (χ0) is 13.7. The predicted octanol–water partition coefficient (Wildman–Crippen LogP) is 4.52. The first-order chi connectivity index (χ1) is 9.19. The van der Waals surface area contributed by atoms with Gasteiger partial charge in [0.2, 0.25) is 0 Å². The number of rotatable bonds is 5. The van der Waals surface area contributed by atoms with Crippen LogP contribution in [0.2, 0.25) is 0 Å². The molecule has 2 unspecified atom stereocenters. The molecular weight excluding hydrogens is 230 g/mol. The molecule has 106 valence electrons. The van der Waals surface area contributed by atoms with Gasteiger partial charge in [-0.25, -0.2) is 0 Å². The average molecular weight is 259 g/mol. The molecule has 1 fully saturated rings. The summed E-state index contributed by atoms with van der Waals surface area (Å²) in [6.07, 6.45) is 6.80. The van der Waals surface area contributed by atoms with E-state index < -0.39 is 0 Å². The third-order valence-electron chi connectivity index (χ3n) is 4.45. The molecule has 1 aliphatic carbocycles. The summed E-state index contributed by atoms with van der Waals surface area (Å²) in [7, 11) is 0. The van der Waals surface area contributed by atoms with Gasteiger partial charge in [0.25, 0.3) is 0 Å². The van der Waals surface area contributed by atoms with E-state index in [1.165, 1.54) is 43.2 Å². The van der Waals surface area contributed by atoms with Crippen molar-refractivity contribution < 1.29 is 0 Å². The molecule has 0 aromatic heterocycles. The van der Waals surface area contributed by atoms with E-state index in [4.69, 9.17) is 0 Å². The molecule has 1 heteroatoms. The van der Waals surface area contributed by atoms with E-state index in [0.29, 0.717) is 5.92 Å². The summed E-state index contributed by atoms with van der Waals surface area (Å²) in [6, 6.07) is 10.1. The highest BCUT2D eigenvalue weighted by Gasteiger charge is 2.21. The molecule has 0 amide bonds. The number of nitrogens with one attached hydrogen (secondary N) is 1. The molecule has 2 rings (SSSR count). The zero-order valence-corrected chi connectivity index (χ0v) is 12.8. The van der Waals surface area contributed by atoms with Gasteiger partial charge >= 0.3 is 0 Å². The van der Waals surface area contributed by atoms with E-state index in [0.717, 1.165) is 18.5 Å². The van der Waals surface area contributed by atoms with Crippen LogP contribution >= 0.6 is 0 Å². The van der Waals surface area contributed by atoms with Crippen molar-refractivity contribution in [3.8, 4) is 0 Å². The van der Waals surface area contributed by atoms with Crippen LogP contribution in [0.4, 0.5) is 0 Å². The van der Waals surface area contributed by atoms with Crippen LogP contribution in [0.1, 0.15) is 63.5 Å². The van der Waals surface area contributed by atoms with E-state index >= 15 is 0 Å². The molecule has 1 aliphatic rings. The van der Waals surface area contributed by atoms with Gasteiger partial charge < -0.3 is 5.32 Å². The molecule has 0 radical (unpaired) electrons. The van der Waals surface area contributed by atoms with E-state index in [-0.39, 0.29) is 0 Å². The summed E-state index contributed by atoms with van der Waals surface area (Å²) in [4.78, 5) is 0. The first-order valence-corrected chi connectivity index (χ1v) is 8.01. The Bertz CT molecular complexity index is 364. The van der Waals surface area contributed by atoms with Crippen molar-refractivity contribution in [2.45, 2.75) is 64.8 Å². The SMILES string of the molecule is CCNC1CCCC(Cc2ccc(C(C)C)cc2)C1. The monoisotopic (exact) mass is 259 g/mol. The maximum atomic E-state index is 3.62. The topological polar surface area (TPSA) is 12.0 Å². The molecule has 1 N–H and O–H groups in total. The quantitative estimate of drug-likeness (QED) is 0.819. The Morgan fingerprint density at radius 3 is 2.53 bits per heavy atom. The van der Waals surface area contributed by atoms with Gasteiger partial charge in [-0.15, -0.1) is 0 Å². The summed E-state index contributed by atoms with van der Waals surface area (Å²) in [6.45, 7) is 7.85. The Labute approximate surface area is 118 Å². The molecule has 19 heavy (non-hydrogen) atoms. The van der Waals surface area contributed by atoms with Crippen molar-refractivity contribution in [3.05, 3.63) is 35.4 Å². The van der Waals surface area contributed by atoms with Gasteiger partial charge in [-0.05, 0) is 48.8 Å². The van der Waals surface area contributed by atoms with Crippen LogP contribution < -0.4 is 5.32 Å². The molecule has 0 saturated heterocycles. The van der Waals surface area contributed by atoms with Gasteiger partial charge in [0.1, 0.15) is 0 Å². The van der Waals surface area contributed by atoms with E-state index in [1.54, 1.807) is 0 Å². The summed E-state index contributed by atoms with van der Waals surface area (Å²) in [5, 5.41) is 3.62. The van der Waals surface area contributed by atoms with E-state index in [9.17, 15) is 0 Å². The van der Waals surface area contributed by atoms with Gasteiger partial charge in [0.15, 0.2) is 0 Å². The van der Waals surface area contributed by atoms with Crippen molar-refractivity contribution >= 4 is 0 Å². The predicted molar refractivity (Wildman–Crippen MR) is 83.7 cm³/mol. The molecule has 1 aromatic rings. The third kappa shape index (κ3) is 4.35. The minimum Gasteiger partial charge on any atom is -0.314 e. The minimum atomic E-state index is 0.641. The Balaban J connectivity index is 1.89. The first kappa shape index (κ1) is 14.6. The molecule has 0 aliphatic heterocycles. The van der Waals surface area contributed by atoms with E-state index in [2.05, 4.69) is 50.4 Å². The highest BCUT2D eigenvalue weighted by Crippen LogP contribution is 2.27. The summed E-state index contributed by atoms with van der Waals surface area (Å²) in [5.74, 6) is 1.52. The van der Waals surface area contributed by atoms with Crippen LogP contribution in [0.5, 0.6) is 0 Å². The minimum absolute atomic E-state index is 0.641. The lowest BCUT2D eigenvalue weighted by Crippen LogP contribution is -2.34. The molecular formula is C18H29N. The summed E-state index contributed by atoms with van der Waals surface area (Å²) in [5.41, 5.74) is 2.98. The van der Waals surface area contributed by atoms with Crippen molar-refractivity contribution in [2.75, 3.05) is 6.54 Å². The Morgan fingerprint density at radius 2 is 1.89 bits per heavy atom. The maximum absolute atomic E-state index is 3.62. The Kier molecular flexibility index (Phi) is 5.45. The van der Waals surface area contributed by atoms with Crippen LogP contribution in [-0.4, -0.2) is 12.6 Å². The van der Waals surface area contributed by atoms with Crippen molar-refractivity contribution in [2.24, 2.45) is 5.92 Å². The van der Waals surface area contributed by atoms with Gasteiger partial charge in [-0.1, -0.05) is 57.9 Å². The molecule has 1 aromatic carbocycles. The largest absolute Gasteiger partial charge is 0.314 e. The molecule has 1 saturated carbocycles. The second kappa shape index (κ2) is 7.09. The smallest absolute Gasteiger partial charge is 0.00697 e. The van der Waals surface area contributed by atoms with Gasteiger partial charge in [0, 0.05) is 6.04 Å². The lowest BCUT2D eigenvalue weighted by molar-refractivity contribution is 0.287. The van der Waals surface area contributed by atoms with Gasteiger partial charge in [-0.2, -0.15) is 0 Å². The van der Waals surface area contributed by atoms with Crippen LogP contribution in [-0.2, 0) is 6.42 Å². The van der Waals surface area contributed by atoms with Crippen LogP contribution in [0.3, 0.4) is 0 Å². The highest BCUT2D eigenvalue weighted by atomic mass is 14.9. The highest BCUT2D eigenvalue weighted by molar-refractivity contribution is 5.25. The molecule has 0 spiro atoms. The number of hydrogen-bond acceptors (Lipinski definition) is 1. The van der Waals surface area contributed by atoms with E-state index in [1.807, 2.05) is 0 Å². The van der Waals surface area contributed by atoms with Crippen molar-refractivity contribution in [1.29, 1.82) is 0 Å². The second-order valence-electron chi connectivity index (χ2n) is 6.39. The first-order valence-electron chi connectivity index (χ1n) is 8.01. The molecule has 0 bridgehead atoms. The normalized spacial score (nSPS) is 23.8. The molecule has 2 atom stereocenters. The summed E-state index contributed by atoms with van der Waals surface area (Å²) >= 11 is 0. The fourth-order valence-corrected chi connectivity index (χ4v) is 3.32. The lowest BCUT2D eigenvalue weighted by Gasteiger charge is -2.29. The zero-order valence-electron chi connectivity index (χ0n) is 12.8. The van der Waals surface area contributed by atoms with Crippen LogP contribution in [0.15, 0.2) is 24.3 Å². The molecule has 1 nitrogen and oxygen atoms in total. The molecule has 0 heterocycles. The van der Waals surface area contributed by atoms with Crippen LogP contribution in [0, 0.1) is 5.92 Å². The fraction of sp³-hybridized carbons (Fsp3) is 0.667. The number of hydrogen-bond donors (Lipinski definition) is 1. The van der Waals surface area contributed by atoms with Gasteiger partial charge in [-0.3, -0.25) is 0 Å².